The van der Waals surface area contributed by atoms with Gasteiger partial charge in [0.2, 0.25) is 0 Å². The molecule has 0 fully saturated rings. The third kappa shape index (κ3) is 3.15. The van der Waals surface area contributed by atoms with Crippen LogP contribution in [0.25, 0.3) is 0 Å². The van der Waals surface area contributed by atoms with Gasteiger partial charge in [-0.1, -0.05) is 17.7 Å². The molecule has 0 unspecified atom stereocenters. The van der Waals surface area contributed by atoms with E-state index >= 15 is 0 Å². The third-order valence-electron chi connectivity index (χ3n) is 2.43. The van der Waals surface area contributed by atoms with Gasteiger partial charge >= 0.3 is 6.18 Å². The Morgan fingerprint density at radius 2 is 1.50 bits per heavy atom. The molecule has 1 rings (SSSR count). The molecule has 0 saturated carbocycles. The first-order chi connectivity index (χ1) is 7.20. The SMILES string of the molecule is Cc1cc(C)c(N(C)CC(F)(F)F)c(C)c1. The fourth-order valence-electron chi connectivity index (χ4n) is 2.12. The molecule has 1 aromatic carbocycles. The van der Waals surface area contributed by atoms with Gasteiger partial charge in [0.25, 0.3) is 0 Å². The molecule has 4 heteroatoms. The van der Waals surface area contributed by atoms with Crippen molar-refractivity contribution in [3.63, 3.8) is 0 Å². The maximum atomic E-state index is 12.3. The minimum absolute atomic E-state index is 0.669. The van der Waals surface area contributed by atoms with Crippen molar-refractivity contribution in [2.45, 2.75) is 26.9 Å². The van der Waals surface area contributed by atoms with E-state index in [4.69, 9.17) is 0 Å². The van der Waals surface area contributed by atoms with Gasteiger partial charge in [-0.3, -0.25) is 0 Å². The van der Waals surface area contributed by atoms with Crippen molar-refractivity contribution in [3.05, 3.63) is 28.8 Å². The van der Waals surface area contributed by atoms with Crippen LogP contribution in [0.15, 0.2) is 12.1 Å². The summed E-state index contributed by atoms with van der Waals surface area (Å²) >= 11 is 0. The van der Waals surface area contributed by atoms with Crippen LogP contribution >= 0.6 is 0 Å². The Hall–Kier alpha value is -1.19. The summed E-state index contributed by atoms with van der Waals surface area (Å²) in [7, 11) is 1.47. The molecule has 0 bridgehead atoms. The van der Waals surface area contributed by atoms with Gasteiger partial charge in [0.1, 0.15) is 6.54 Å². The fraction of sp³-hybridized carbons (Fsp3) is 0.500. The first kappa shape index (κ1) is 12.9. The summed E-state index contributed by atoms with van der Waals surface area (Å²) in [6.07, 6.45) is -4.17. The van der Waals surface area contributed by atoms with E-state index in [9.17, 15) is 13.2 Å². The largest absolute Gasteiger partial charge is 0.405 e. The molecule has 0 saturated heterocycles. The molecule has 0 amide bonds. The average Bonchev–Trinajstić information content (AvgIpc) is 1.96. The highest BCUT2D eigenvalue weighted by Crippen LogP contribution is 2.28. The normalized spacial score (nSPS) is 11.7. The number of rotatable bonds is 2. The van der Waals surface area contributed by atoms with Crippen LogP contribution in [-0.4, -0.2) is 19.8 Å². The molecule has 0 aliphatic rings. The molecule has 16 heavy (non-hydrogen) atoms. The Labute approximate surface area is 93.9 Å². The second-order valence-electron chi connectivity index (χ2n) is 4.22. The number of aryl methyl sites for hydroxylation is 3. The molecule has 0 aliphatic heterocycles. The monoisotopic (exact) mass is 231 g/mol. The van der Waals surface area contributed by atoms with E-state index in [1.165, 1.54) is 11.9 Å². The zero-order valence-electron chi connectivity index (χ0n) is 9.94. The molecular weight excluding hydrogens is 215 g/mol. The standard InChI is InChI=1S/C12H16F3N/c1-8-5-9(2)11(10(3)6-8)16(4)7-12(13,14)15/h5-6H,7H2,1-4H3. The zero-order valence-corrected chi connectivity index (χ0v) is 9.94. The topological polar surface area (TPSA) is 3.24 Å². The highest BCUT2D eigenvalue weighted by atomic mass is 19.4. The maximum Gasteiger partial charge on any atom is 0.405 e. The predicted molar refractivity (Wildman–Crippen MR) is 60.0 cm³/mol. The molecule has 1 nitrogen and oxygen atoms in total. The van der Waals surface area contributed by atoms with Crippen molar-refractivity contribution in [1.82, 2.24) is 0 Å². The molecule has 1 aromatic rings. The van der Waals surface area contributed by atoms with E-state index in [1.54, 1.807) is 0 Å². The lowest BCUT2D eigenvalue weighted by Gasteiger charge is -2.25. The van der Waals surface area contributed by atoms with Gasteiger partial charge < -0.3 is 4.90 Å². The summed E-state index contributed by atoms with van der Waals surface area (Å²) < 4.78 is 36.9. The van der Waals surface area contributed by atoms with E-state index in [2.05, 4.69) is 0 Å². The smallest absolute Gasteiger partial charge is 0.365 e. The summed E-state index contributed by atoms with van der Waals surface area (Å²) in [6.45, 7) is 4.69. The number of halogens is 3. The Balaban J connectivity index is 3.04. The van der Waals surface area contributed by atoms with Crippen LogP contribution in [0, 0.1) is 20.8 Å². The number of hydrogen-bond donors (Lipinski definition) is 0. The van der Waals surface area contributed by atoms with E-state index < -0.39 is 12.7 Å². The average molecular weight is 231 g/mol. The molecule has 0 heterocycles. The Kier molecular flexibility index (Phi) is 3.51. The van der Waals surface area contributed by atoms with E-state index in [-0.39, 0.29) is 0 Å². The first-order valence-corrected chi connectivity index (χ1v) is 5.06. The van der Waals surface area contributed by atoms with Gasteiger partial charge in [-0.05, 0) is 31.9 Å². The summed E-state index contributed by atoms with van der Waals surface area (Å²) in [6, 6.07) is 3.80. The van der Waals surface area contributed by atoms with Crippen molar-refractivity contribution in [3.8, 4) is 0 Å². The van der Waals surface area contributed by atoms with Gasteiger partial charge in [0.05, 0.1) is 0 Å². The Morgan fingerprint density at radius 1 is 1.06 bits per heavy atom. The number of nitrogens with zero attached hydrogens (tertiary/aromatic N) is 1. The summed E-state index contributed by atoms with van der Waals surface area (Å²) in [5.74, 6) is 0. The lowest BCUT2D eigenvalue weighted by molar-refractivity contribution is -0.119. The summed E-state index contributed by atoms with van der Waals surface area (Å²) in [5, 5.41) is 0. The van der Waals surface area contributed by atoms with Crippen LogP contribution in [0.1, 0.15) is 16.7 Å². The van der Waals surface area contributed by atoms with Crippen LogP contribution in [0.3, 0.4) is 0 Å². The first-order valence-electron chi connectivity index (χ1n) is 5.06. The molecule has 0 N–H and O–H groups in total. The lowest BCUT2D eigenvalue weighted by atomic mass is 10.0. The minimum Gasteiger partial charge on any atom is -0.365 e. The van der Waals surface area contributed by atoms with Gasteiger partial charge in [-0.2, -0.15) is 13.2 Å². The summed E-state index contributed by atoms with van der Waals surface area (Å²) in [4.78, 5) is 1.25. The zero-order chi connectivity index (χ0) is 12.5. The van der Waals surface area contributed by atoms with Crippen molar-refractivity contribution < 1.29 is 13.2 Å². The molecule has 0 aliphatic carbocycles. The number of benzene rings is 1. The van der Waals surface area contributed by atoms with E-state index in [0.29, 0.717) is 5.69 Å². The lowest BCUT2D eigenvalue weighted by Crippen LogP contribution is -2.31. The Morgan fingerprint density at radius 3 is 1.88 bits per heavy atom. The predicted octanol–water partition coefficient (Wildman–Crippen LogP) is 3.61. The van der Waals surface area contributed by atoms with Gasteiger partial charge in [0, 0.05) is 12.7 Å². The van der Waals surface area contributed by atoms with Crippen molar-refractivity contribution in [2.75, 3.05) is 18.5 Å². The number of hydrogen-bond acceptors (Lipinski definition) is 1. The van der Waals surface area contributed by atoms with Crippen LogP contribution in [0.2, 0.25) is 0 Å². The van der Waals surface area contributed by atoms with Gasteiger partial charge in [-0.15, -0.1) is 0 Å². The van der Waals surface area contributed by atoms with Gasteiger partial charge in [-0.25, -0.2) is 0 Å². The molecule has 90 valence electrons. The number of alkyl halides is 3. The second kappa shape index (κ2) is 4.36. The molecule has 0 atom stereocenters. The second-order valence-corrected chi connectivity index (χ2v) is 4.22. The van der Waals surface area contributed by atoms with E-state index in [0.717, 1.165) is 16.7 Å². The van der Waals surface area contributed by atoms with Crippen molar-refractivity contribution in [2.24, 2.45) is 0 Å². The van der Waals surface area contributed by atoms with Crippen LogP contribution < -0.4 is 4.90 Å². The van der Waals surface area contributed by atoms with Gasteiger partial charge in [0.15, 0.2) is 0 Å². The van der Waals surface area contributed by atoms with Crippen LogP contribution in [0.4, 0.5) is 18.9 Å². The third-order valence-corrected chi connectivity index (χ3v) is 2.43. The summed E-state index contributed by atoms with van der Waals surface area (Å²) in [5.41, 5.74) is 3.50. The fourth-order valence-corrected chi connectivity index (χ4v) is 2.12. The highest BCUT2D eigenvalue weighted by Gasteiger charge is 2.30. The molecule has 0 spiro atoms. The maximum absolute atomic E-state index is 12.3. The molecular formula is C12H16F3N. The highest BCUT2D eigenvalue weighted by molar-refractivity contribution is 5.59. The van der Waals surface area contributed by atoms with Crippen molar-refractivity contribution >= 4 is 5.69 Å². The minimum atomic E-state index is -4.17. The van der Waals surface area contributed by atoms with Crippen LogP contribution in [-0.2, 0) is 0 Å². The van der Waals surface area contributed by atoms with Crippen molar-refractivity contribution in [1.29, 1.82) is 0 Å². The van der Waals surface area contributed by atoms with E-state index in [1.807, 2.05) is 32.9 Å². The quantitative estimate of drug-likeness (QED) is 0.751. The molecule has 0 radical (unpaired) electrons. The number of anilines is 1. The van der Waals surface area contributed by atoms with Crippen LogP contribution in [0.5, 0.6) is 0 Å². The molecule has 0 aromatic heterocycles. The Bertz CT molecular complexity index is 359.